The fraction of sp³-hybridized carbons (Fsp3) is 0.789. The van der Waals surface area contributed by atoms with Gasteiger partial charge in [-0.3, -0.25) is 0 Å². The molecule has 2 aliphatic rings. The van der Waals surface area contributed by atoms with Crippen molar-refractivity contribution in [1.29, 1.82) is 0 Å². The van der Waals surface area contributed by atoms with Crippen LogP contribution in [0.1, 0.15) is 32.6 Å². The van der Waals surface area contributed by atoms with E-state index in [0.29, 0.717) is 19.3 Å². The predicted molar refractivity (Wildman–Crippen MR) is 107 cm³/mol. The molecular weight excluding hydrogens is 398 g/mol. The molecule has 1 saturated carbocycles. The zero-order valence-electron chi connectivity index (χ0n) is 17.0. The number of nitrogens with two attached hydrogens (primary N) is 3. The van der Waals surface area contributed by atoms with Gasteiger partial charge in [0.25, 0.3) is 5.95 Å². The average molecular weight is 434 g/mol. The van der Waals surface area contributed by atoms with Crippen LogP contribution in [0.15, 0.2) is 24.2 Å². The van der Waals surface area contributed by atoms with Gasteiger partial charge in [0.2, 0.25) is 0 Å². The molecule has 2 fully saturated rings. The van der Waals surface area contributed by atoms with Crippen molar-refractivity contribution in [2.75, 3.05) is 0 Å². The third-order valence-electron chi connectivity index (χ3n) is 5.40. The second kappa shape index (κ2) is 11.4. The fourth-order valence-corrected chi connectivity index (χ4v) is 3.41. The lowest BCUT2D eigenvalue weighted by molar-refractivity contribution is -0.300. The van der Waals surface area contributed by atoms with Crippen LogP contribution in [0.5, 0.6) is 0 Å². The Morgan fingerprint density at radius 1 is 1.10 bits per heavy atom. The second-order valence-corrected chi connectivity index (χ2v) is 7.87. The fourth-order valence-electron chi connectivity index (χ4n) is 3.41. The summed E-state index contributed by atoms with van der Waals surface area (Å²) in [5.74, 6) is -0.290. The van der Waals surface area contributed by atoms with E-state index in [0.717, 1.165) is 0 Å². The molecule has 0 spiro atoms. The van der Waals surface area contributed by atoms with E-state index >= 15 is 0 Å². The molecule has 11 N–H and O–H groups in total. The number of hydrogen-bond acceptors (Lipinski definition) is 11. The Hall–Kier alpha value is -1.28. The first-order valence-corrected chi connectivity index (χ1v) is 10.1. The molecule has 0 aromatic heterocycles. The van der Waals surface area contributed by atoms with Crippen LogP contribution in [0.25, 0.3) is 0 Å². The molecule has 0 aromatic carbocycles. The van der Waals surface area contributed by atoms with Crippen LogP contribution in [0, 0.1) is 0 Å². The van der Waals surface area contributed by atoms with Crippen molar-refractivity contribution in [3.05, 3.63) is 24.2 Å². The first-order valence-electron chi connectivity index (χ1n) is 10.1. The minimum Gasteiger partial charge on any atom is -0.481 e. The van der Waals surface area contributed by atoms with Gasteiger partial charge in [0.1, 0.15) is 18.3 Å². The number of ether oxygens (including phenoxy) is 3. The van der Waals surface area contributed by atoms with Gasteiger partial charge >= 0.3 is 0 Å². The van der Waals surface area contributed by atoms with E-state index in [2.05, 4.69) is 0 Å². The quantitative estimate of drug-likeness (QED) is 0.0912. The molecule has 1 saturated heterocycles. The summed E-state index contributed by atoms with van der Waals surface area (Å²) in [5, 5.41) is 49.4. The van der Waals surface area contributed by atoms with Crippen LogP contribution in [0.2, 0.25) is 0 Å². The molecule has 0 radical (unpaired) electrons. The Kier molecular flexibility index (Phi) is 9.47. The van der Waals surface area contributed by atoms with Crippen LogP contribution >= 0.6 is 0 Å². The number of allylic oxidation sites excluding steroid dienone is 2. The number of hydrogen-bond donors (Lipinski definition) is 8. The number of aliphatic hydroxyl groups excluding tert-OH is 5. The first kappa shape index (κ1) is 25.0. The van der Waals surface area contributed by atoms with Crippen LogP contribution in [-0.2, 0) is 14.2 Å². The van der Waals surface area contributed by atoms with E-state index in [1.165, 1.54) is 12.2 Å². The number of rotatable bonds is 8. The van der Waals surface area contributed by atoms with Crippen molar-refractivity contribution in [2.45, 2.75) is 93.8 Å². The molecule has 2 rings (SSSR count). The third-order valence-corrected chi connectivity index (χ3v) is 5.40. The molecule has 11 nitrogen and oxygen atoms in total. The van der Waals surface area contributed by atoms with Crippen molar-refractivity contribution in [1.82, 2.24) is 0 Å². The second-order valence-electron chi connectivity index (χ2n) is 7.87. The van der Waals surface area contributed by atoms with Crippen LogP contribution in [0.3, 0.4) is 0 Å². The molecule has 1 aliphatic carbocycles. The molecule has 0 amide bonds. The van der Waals surface area contributed by atoms with Gasteiger partial charge < -0.3 is 56.9 Å². The van der Waals surface area contributed by atoms with E-state index in [9.17, 15) is 25.5 Å². The highest BCUT2D eigenvalue weighted by Gasteiger charge is 2.42. The van der Waals surface area contributed by atoms with Gasteiger partial charge in [-0.05, 0) is 38.3 Å². The Morgan fingerprint density at radius 3 is 2.50 bits per heavy atom. The summed E-state index contributed by atoms with van der Waals surface area (Å²) in [6, 6.07) is -1.52. The molecule has 1 heterocycles. The van der Waals surface area contributed by atoms with Crippen molar-refractivity contribution >= 4 is 0 Å². The molecule has 11 heteroatoms. The summed E-state index contributed by atoms with van der Waals surface area (Å²) in [5.41, 5.74) is 17.4. The zero-order chi connectivity index (χ0) is 22.4. The standard InChI is InChI=1S/C19H35N3O8/c1-9-16(22)17(26)18(27)19(28-9)30-15(25)6-4-2-3-5-14(24)29-13-8-12(23)10(20)7-11(13)21/h4-6,9-13,15-19,23-27H,2-3,7-8,20-22H2,1H3/b6-4+,14-5+/t9?,10-,11?,12?,13+,15?,16-,17?,18?,19-/m1/s1. The Bertz CT molecular complexity index is 592. The summed E-state index contributed by atoms with van der Waals surface area (Å²) >= 11 is 0. The molecule has 0 aromatic rings. The highest BCUT2D eigenvalue weighted by molar-refractivity contribution is 4.95. The monoisotopic (exact) mass is 433 g/mol. The van der Waals surface area contributed by atoms with Crippen molar-refractivity contribution in [3.8, 4) is 0 Å². The van der Waals surface area contributed by atoms with Crippen molar-refractivity contribution in [3.63, 3.8) is 0 Å². The Morgan fingerprint density at radius 2 is 1.80 bits per heavy atom. The molecule has 6 unspecified atom stereocenters. The van der Waals surface area contributed by atoms with E-state index in [1.807, 2.05) is 0 Å². The largest absolute Gasteiger partial charge is 0.481 e. The van der Waals surface area contributed by atoms with Crippen LogP contribution in [-0.4, -0.2) is 86.8 Å². The van der Waals surface area contributed by atoms with Gasteiger partial charge in [-0.1, -0.05) is 6.08 Å². The minimum absolute atomic E-state index is 0.247. The maximum Gasteiger partial charge on any atom is 0.272 e. The summed E-state index contributed by atoms with van der Waals surface area (Å²) < 4.78 is 15.9. The molecule has 174 valence electrons. The molecule has 1 aliphatic heterocycles. The molecule has 10 atom stereocenters. The minimum atomic E-state index is -1.38. The topological polar surface area (TPSA) is 207 Å². The zero-order valence-corrected chi connectivity index (χ0v) is 17.0. The van der Waals surface area contributed by atoms with E-state index in [1.54, 1.807) is 13.0 Å². The van der Waals surface area contributed by atoms with Crippen molar-refractivity contribution < 1.29 is 39.7 Å². The van der Waals surface area contributed by atoms with Crippen LogP contribution in [0.4, 0.5) is 0 Å². The summed E-state index contributed by atoms with van der Waals surface area (Å²) in [6.07, 6.45) is -1.04. The normalized spacial score (nSPS) is 41.7. The summed E-state index contributed by atoms with van der Waals surface area (Å²) in [4.78, 5) is 0. The van der Waals surface area contributed by atoms with Crippen LogP contribution < -0.4 is 17.2 Å². The molecule has 0 bridgehead atoms. The summed E-state index contributed by atoms with van der Waals surface area (Å²) in [6.45, 7) is 1.63. The molecular formula is C19H35N3O8. The smallest absolute Gasteiger partial charge is 0.272 e. The number of aliphatic hydroxyl groups is 5. The van der Waals surface area contributed by atoms with E-state index < -0.39 is 55.2 Å². The van der Waals surface area contributed by atoms with Crippen molar-refractivity contribution in [2.24, 2.45) is 17.2 Å². The predicted octanol–water partition coefficient (Wildman–Crippen LogP) is -1.95. The van der Waals surface area contributed by atoms with E-state index in [4.69, 9.17) is 31.4 Å². The van der Waals surface area contributed by atoms with Gasteiger partial charge in [0.15, 0.2) is 12.6 Å². The lowest BCUT2D eigenvalue weighted by atomic mass is 9.87. The molecule has 30 heavy (non-hydrogen) atoms. The van der Waals surface area contributed by atoms with Gasteiger partial charge in [-0.2, -0.15) is 0 Å². The van der Waals surface area contributed by atoms with Gasteiger partial charge in [-0.25, -0.2) is 0 Å². The Labute approximate surface area is 175 Å². The number of unbranched alkanes of at least 4 members (excludes halogenated alkanes) is 1. The first-order chi connectivity index (χ1) is 14.1. The lowest BCUT2D eigenvalue weighted by Crippen LogP contribution is -2.61. The highest BCUT2D eigenvalue weighted by Crippen LogP contribution is 2.23. The highest BCUT2D eigenvalue weighted by atomic mass is 16.7. The van der Waals surface area contributed by atoms with E-state index in [-0.39, 0.29) is 18.4 Å². The van der Waals surface area contributed by atoms with Gasteiger partial charge in [-0.15, -0.1) is 0 Å². The SMILES string of the molecule is CC1O[C@H](OC(O)/C=C/CC/C=C(\O)O[C@H]2CC(O)[C@H](N)CC2N)C(O)C(O)[C@@H]1N. The van der Waals surface area contributed by atoms with Gasteiger partial charge in [0, 0.05) is 18.5 Å². The Balaban J connectivity index is 1.71. The third kappa shape index (κ3) is 6.87. The lowest BCUT2D eigenvalue weighted by Gasteiger charge is -2.40. The maximum atomic E-state index is 9.93. The van der Waals surface area contributed by atoms with Gasteiger partial charge in [0.05, 0.1) is 18.2 Å². The maximum absolute atomic E-state index is 9.93. The average Bonchev–Trinajstić information content (AvgIpc) is 2.68. The summed E-state index contributed by atoms with van der Waals surface area (Å²) in [7, 11) is 0.